The third-order valence-corrected chi connectivity index (χ3v) is 5.77. The van der Waals surface area contributed by atoms with E-state index in [2.05, 4.69) is 25.7 Å². The van der Waals surface area contributed by atoms with E-state index in [9.17, 15) is 9.90 Å². The highest BCUT2D eigenvalue weighted by Crippen LogP contribution is 2.47. The van der Waals surface area contributed by atoms with Crippen LogP contribution < -0.4 is 0 Å². The second-order valence-corrected chi connectivity index (χ2v) is 7.72. The van der Waals surface area contributed by atoms with Gasteiger partial charge in [-0.3, -0.25) is 0 Å². The molecule has 0 aromatic heterocycles. The van der Waals surface area contributed by atoms with E-state index in [1.165, 1.54) is 0 Å². The van der Waals surface area contributed by atoms with Crippen molar-refractivity contribution in [3.63, 3.8) is 0 Å². The summed E-state index contributed by atoms with van der Waals surface area (Å²) in [6.45, 7) is 10.1. The summed E-state index contributed by atoms with van der Waals surface area (Å²) < 4.78 is 11.5. The van der Waals surface area contributed by atoms with Crippen LogP contribution in [-0.4, -0.2) is 35.0 Å². The molecular formula is C20H28O4. The van der Waals surface area contributed by atoms with Gasteiger partial charge in [0.15, 0.2) is 0 Å². The first-order valence-corrected chi connectivity index (χ1v) is 8.88. The maximum atomic E-state index is 12.0. The first kappa shape index (κ1) is 17.4. The molecule has 0 aromatic rings. The Morgan fingerprint density at radius 1 is 1.33 bits per heavy atom. The summed E-state index contributed by atoms with van der Waals surface area (Å²) in [7, 11) is 0. The first-order valence-electron chi connectivity index (χ1n) is 8.88. The van der Waals surface area contributed by atoms with Gasteiger partial charge in [-0.25, -0.2) is 4.79 Å². The van der Waals surface area contributed by atoms with E-state index in [-0.39, 0.29) is 29.7 Å². The van der Waals surface area contributed by atoms with Crippen molar-refractivity contribution in [2.24, 2.45) is 5.92 Å². The number of carbonyl (C=O) groups excluding carboxylic acids is 1. The summed E-state index contributed by atoms with van der Waals surface area (Å²) in [5.41, 5.74) is 2.59. The van der Waals surface area contributed by atoms with Crippen molar-refractivity contribution in [1.82, 2.24) is 0 Å². The summed E-state index contributed by atoms with van der Waals surface area (Å²) >= 11 is 0. The Balaban J connectivity index is 1.81. The van der Waals surface area contributed by atoms with Crippen molar-refractivity contribution in [3.8, 4) is 0 Å². The van der Waals surface area contributed by atoms with E-state index in [0.29, 0.717) is 18.4 Å². The van der Waals surface area contributed by atoms with Gasteiger partial charge in [0.25, 0.3) is 0 Å². The second-order valence-electron chi connectivity index (χ2n) is 7.72. The van der Waals surface area contributed by atoms with Gasteiger partial charge in [0.1, 0.15) is 6.10 Å². The second kappa shape index (κ2) is 6.49. The summed E-state index contributed by atoms with van der Waals surface area (Å²) in [4.78, 5) is 12.0. The number of aliphatic hydroxyl groups excluding tert-OH is 1. The van der Waals surface area contributed by atoms with Crippen molar-refractivity contribution < 1.29 is 19.4 Å². The molecule has 1 aliphatic carbocycles. The van der Waals surface area contributed by atoms with E-state index in [0.717, 1.165) is 30.4 Å². The number of rotatable bonds is 0. The molecule has 0 bridgehead atoms. The number of allylic oxidation sites excluding steroid dienone is 1. The van der Waals surface area contributed by atoms with Crippen LogP contribution in [0.15, 0.2) is 35.5 Å². The van der Waals surface area contributed by atoms with Crippen LogP contribution in [0.25, 0.3) is 0 Å². The van der Waals surface area contributed by atoms with Crippen LogP contribution in [0.2, 0.25) is 0 Å². The lowest BCUT2D eigenvalue weighted by Gasteiger charge is -2.19. The Labute approximate surface area is 144 Å². The van der Waals surface area contributed by atoms with E-state index in [1.54, 1.807) is 0 Å². The molecule has 24 heavy (non-hydrogen) atoms. The molecule has 4 heteroatoms. The zero-order valence-corrected chi connectivity index (χ0v) is 14.9. The van der Waals surface area contributed by atoms with Gasteiger partial charge in [-0.15, -0.1) is 0 Å². The number of carbonyl (C=O) groups is 1. The number of fused-ring (bicyclic) bond motifs is 2. The fourth-order valence-electron chi connectivity index (χ4n) is 3.81. The van der Waals surface area contributed by atoms with E-state index in [1.807, 2.05) is 13.8 Å². The molecule has 0 saturated carbocycles. The van der Waals surface area contributed by atoms with Crippen LogP contribution in [-0.2, 0) is 14.3 Å². The summed E-state index contributed by atoms with van der Waals surface area (Å²) in [6, 6.07) is 0. The van der Waals surface area contributed by atoms with Crippen molar-refractivity contribution in [3.05, 3.63) is 35.5 Å². The van der Waals surface area contributed by atoms with Gasteiger partial charge < -0.3 is 14.6 Å². The fourth-order valence-corrected chi connectivity index (χ4v) is 3.81. The molecule has 4 nitrogen and oxygen atoms in total. The van der Waals surface area contributed by atoms with Gasteiger partial charge in [0.05, 0.1) is 17.8 Å². The number of hydrogen-bond donors (Lipinski definition) is 1. The molecule has 0 unspecified atom stereocenters. The fraction of sp³-hybridized carbons (Fsp3) is 0.650. The van der Waals surface area contributed by atoms with Gasteiger partial charge in [-0.2, -0.15) is 0 Å². The van der Waals surface area contributed by atoms with Gasteiger partial charge in [-0.1, -0.05) is 24.3 Å². The third-order valence-electron chi connectivity index (χ3n) is 5.77. The van der Waals surface area contributed by atoms with Crippen LogP contribution in [0.5, 0.6) is 0 Å². The van der Waals surface area contributed by atoms with Crippen molar-refractivity contribution in [2.45, 2.75) is 76.8 Å². The largest absolute Gasteiger partial charge is 0.458 e. The van der Waals surface area contributed by atoms with E-state index >= 15 is 0 Å². The zero-order chi connectivity index (χ0) is 17.5. The van der Waals surface area contributed by atoms with Crippen molar-refractivity contribution in [1.29, 1.82) is 0 Å². The molecule has 3 aliphatic rings. The van der Waals surface area contributed by atoms with Gasteiger partial charge in [0.2, 0.25) is 0 Å². The number of epoxide rings is 1. The predicted octanol–water partition coefficient (Wildman–Crippen LogP) is 3.46. The SMILES string of the molecule is C=C1C(=O)O[C@H]2C/C(C)=C/C[C@H](O)/C(C)=C/CC[C@]3(C)O[C@H]3C[C@H]12. The molecule has 2 fully saturated rings. The Bertz CT molecular complexity index is 603. The Morgan fingerprint density at radius 2 is 2.08 bits per heavy atom. The molecule has 2 saturated heterocycles. The van der Waals surface area contributed by atoms with Gasteiger partial charge in [-0.05, 0) is 52.0 Å². The molecule has 5 atom stereocenters. The van der Waals surface area contributed by atoms with E-state index < -0.39 is 6.10 Å². The standard InChI is InChI=1S/C20H28O4/c1-12-7-8-16(21)13(2)6-5-9-20(4)18(24-20)11-15-14(3)19(22)23-17(15)10-12/h6-7,15-18,21H,3,5,8-11H2,1-2,4H3/b12-7+,13-6+/t15-,16+,17+,18+,20+/m1/s1. The molecular weight excluding hydrogens is 304 g/mol. The molecule has 0 amide bonds. The Kier molecular flexibility index (Phi) is 4.71. The predicted molar refractivity (Wildman–Crippen MR) is 92.4 cm³/mol. The summed E-state index contributed by atoms with van der Waals surface area (Å²) in [5.74, 6) is -0.250. The Morgan fingerprint density at radius 3 is 2.83 bits per heavy atom. The highest BCUT2D eigenvalue weighted by atomic mass is 16.6. The van der Waals surface area contributed by atoms with Crippen LogP contribution in [0.4, 0.5) is 0 Å². The van der Waals surface area contributed by atoms with Crippen molar-refractivity contribution in [2.75, 3.05) is 0 Å². The number of ether oxygens (including phenoxy) is 2. The van der Waals surface area contributed by atoms with Crippen LogP contribution in [0.1, 0.15) is 52.9 Å². The van der Waals surface area contributed by atoms with Crippen LogP contribution >= 0.6 is 0 Å². The highest BCUT2D eigenvalue weighted by Gasteiger charge is 2.54. The molecule has 0 aromatic carbocycles. The average Bonchev–Trinajstić information content (AvgIpc) is 3.09. The number of esters is 1. The lowest BCUT2D eigenvalue weighted by Crippen LogP contribution is -2.21. The minimum atomic E-state index is -0.455. The Hall–Kier alpha value is -1.39. The minimum Gasteiger partial charge on any atom is -0.458 e. The lowest BCUT2D eigenvalue weighted by molar-refractivity contribution is -0.139. The lowest BCUT2D eigenvalue weighted by atomic mass is 9.85. The van der Waals surface area contributed by atoms with Gasteiger partial charge >= 0.3 is 5.97 Å². The molecule has 3 rings (SSSR count). The van der Waals surface area contributed by atoms with Gasteiger partial charge in [0, 0.05) is 17.9 Å². The molecule has 0 radical (unpaired) electrons. The maximum absolute atomic E-state index is 12.0. The smallest absolute Gasteiger partial charge is 0.334 e. The van der Waals surface area contributed by atoms with Crippen LogP contribution in [0, 0.1) is 5.92 Å². The maximum Gasteiger partial charge on any atom is 0.334 e. The summed E-state index contributed by atoms with van der Waals surface area (Å²) in [6.07, 6.45) is 7.61. The topological polar surface area (TPSA) is 59.1 Å². The molecule has 2 aliphatic heterocycles. The number of aliphatic hydroxyl groups is 1. The molecule has 132 valence electrons. The third kappa shape index (κ3) is 3.50. The number of hydrogen-bond acceptors (Lipinski definition) is 4. The minimum absolute atomic E-state index is 0.0258. The van der Waals surface area contributed by atoms with E-state index in [4.69, 9.17) is 9.47 Å². The average molecular weight is 332 g/mol. The van der Waals surface area contributed by atoms with Crippen molar-refractivity contribution >= 4 is 5.97 Å². The van der Waals surface area contributed by atoms with Crippen LogP contribution in [0.3, 0.4) is 0 Å². The normalized spacial score (nSPS) is 45.0. The molecule has 0 spiro atoms. The molecule has 2 heterocycles. The zero-order valence-electron chi connectivity index (χ0n) is 14.9. The monoisotopic (exact) mass is 332 g/mol. The summed E-state index contributed by atoms with van der Waals surface area (Å²) in [5, 5.41) is 10.3. The first-order chi connectivity index (χ1) is 11.3. The molecule has 1 N–H and O–H groups in total. The highest BCUT2D eigenvalue weighted by molar-refractivity contribution is 5.90. The quantitative estimate of drug-likeness (QED) is 0.319.